The van der Waals surface area contributed by atoms with Crippen LogP contribution in [0, 0.1) is 11.8 Å². The lowest BCUT2D eigenvalue weighted by Gasteiger charge is -2.26. The van der Waals surface area contributed by atoms with Crippen LogP contribution in [0.1, 0.15) is 25.3 Å². The van der Waals surface area contributed by atoms with Crippen LogP contribution in [0.25, 0.3) is 0 Å². The molecule has 1 aliphatic carbocycles. The number of rotatable bonds is 5. The quantitative estimate of drug-likeness (QED) is 0.817. The average molecular weight is 287 g/mol. The van der Waals surface area contributed by atoms with Crippen molar-refractivity contribution in [3.8, 4) is 0 Å². The summed E-state index contributed by atoms with van der Waals surface area (Å²) < 4.78 is 0. The van der Waals surface area contributed by atoms with Gasteiger partial charge in [0.05, 0.1) is 11.8 Å². The molecule has 112 valence electrons. The maximum absolute atomic E-state index is 12.3. The van der Waals surface area contributed by atoms with E-state index < -0.39 is 17.8 Å². The fourth-order valence-corrected chi connectivity index (χ4v) is 2.75. The number of hydrogen-bond donors (Lipinski definition) is 2. The van der Waals surface area contributed by atoms with Gasteiger partial charge in [-0.1, -0.05) is 42.5 Å². The number of carbonyl (C=O) groups excluding carboxylic acids is 1. The minimum absolute atomic E-state index is 0.0137. The fraction of sp³-hybridized carbons (Fsp3) is 0.412. The molecule has 0 aliphatic heterocycles. The van der Waals surface area contributed by atoms with Gasteiger partial charge >= 0.3 is 5.97 Å². The minimum Gasteiger partial charge on any atom is -0.481 e. The average Bonchev–Trinajstić information content (AvgIpc) is 2.48. The molecule has 3 atom stereocenters. The molecule has 0 heterocycles. The molecule has 0 saturated heterocycles. The zero-order chi connectivity index (χ0) is 15.2. The maximum Gasteiger partial charge on any atom is 0.307 e. The summed E-state index contributed by atoms with van der Waals surface area (Å²) in [4.78, 5) is 23.5. The molecule has 1 aliphatic rings. The number of hydrogen-bond acceptors (Lipinski definition) is 2. The summed E-state index contributed by atoms with van der Waals surface area (Å²) in [7, 11) is 0. The Morgan fingerprint density at radius 1 is 1.19 bits per heavy atom. The van der Waals surface area contributed by atoms with Crippen molar-refractivity contribution in [2.24, 2.45) is 11.8 Å². The first kappa shape index (κ1) is 15.3. The highest BCUT2D eigenvalue weighted by Crippen LogP contribution is 2.26. The lowest BCUT2D eigenvalue weighted by atomic mass is 9.82. The van der Waals surface area contributed by atoms with Crippen molar-refractivity contribution in [1.29, 1.82) is 0 Å². The lowest BCUT2D eigenvalue weighted by Crippen LogP contribution is -2.43. The monoisotopic (exact) mass is 287 g/mol. The highest BCUT2D eigenvalue weighted by Gasteiger charge is 2.34. The standard InChI is InChI=1S/C17H21NO3/c1-12(11-13-7-3-2-4-8-13)18-16(19)14-9-5-6-10-15(14)17(20)21/h2-8,12,14-15H,9-11H2,1H3,(H,18,19)(H,20,21). The number of nitrogens with one attached hydrogen (secondary N) is 1. The lowest BCUT2D eigenvalue weighted by molar-refractivity contribution is -0.147. The first-order valence-electron chi connectivity index (χ1n) is 7.30. The van der Waals surface area contributed by atoms with E-state index >= 15 is 0 Å². The molecule has 1 amide bonds. The Balaban J connectivity index is 1.93. The van der Waals surface area contributed by atoms with Gasteiger partial charge in [-0.2, -0.15) is 0 Å². The number of benzene rings is 1. The Labute approximate surface area is 124 Å². The third kappa shape index (κ3) is 4.18. The number of carboxylic acid groups (broad SMARTS) is 1. The van der Waals surface area contributed by atoms with E-state index in [0.29, 0.717) is 12.8 Å². The van der Waals surface area contributed by atoms with E-state index in [4.69, 9.17) is 0 Å². The van der Waals surface area contributed by atoms with Gasteiger partial charge in [0.1, 0.15) is 0 Å². The molecule has 4 nitrogen and oxygen atoms in total. The maximum atomic E-state index is 12.3. The third-order valence-electron chi connectivity index (χ3n) is 3.86. The van der Waals surface area contributed by atoms with Crippen LogP contribution in [0.2, 0.25) is 0 Å². The van der Waals surface area contributed by atoms with Crippen molar-refractivity contribution in [2.45, 2.75) is 32.2 Å². The largest absolute Gasteiger partial charge is 0.481 e. The molecular weight excluding hydrogens is 266 g/mol. The van der Waals surface area contributed by atoms with Gasteiger partial charge in [-0.25, -0.2) is 0 Å². The Morgan fingerprint density at radius 2 is 1.81 bits per heavy atom. The zero-order valence-electron chi connectivity index (χ0n) is 12.2. The number of carbonyl (C=O) groups is 2. The van der Waals surface area contributed by atoms with Crippen molar-refractivity contribution < 1.29 is 14.7 Å². The van der Waals surface area contributed by atoms with Crippen LogP contribution in [-0.2, 0) is 16.0 Å². The smallest absolute Gasteiger partial charge is 0.307 e. The van der Waals surface area contributed by atoms with E-state index in [-0.39, 0.29) is 11.9 Å². The number of allylic oxidation sites excluding steroid dienone is 2. The normalized spacial score (nSPS) is 22.5. The molecule has 0 bridgehead atoms. The molecular formula is C17H21NO3. The van der Waals surface area contributed by atoms with Gasteiger partial charge in [-0.05, 0) is 31.7 Å². The summed E-state index contributed by atoms with van der Waals surface area (Å²) in [5, 5.41) is 12.2. The summed E-state index contributed by atoms with van der Waals surface area (Å²) in [5.41, 5.74) is 1.16. The van der Waals surface area contributed by atoms with Crippen LogP contribution in [0.4, 0.5) is 0 Å². The van der Waals surface area contributed by atoms with E-state index in [1.54, 1.807) is 0 Å². The molecule has 1 aromatic rings. The second-order valence-corrected chi connectivity index (χ2v) is 5.59. The van der Waals surface area contributed by atoms with Crippen LogP contribution < -0.4 is 5.32 Å². The Kier molecular flexibility index (Phi) is 5.14. The van der Waals surface area contributed by atoms with Crippen molar-refractivity contribution >= 4 is 11.9 Å². The molecule has 0 saturated carbocycles. The number of amides is 1. The van der Waals surface area contributed by atoms with Gasteiger partial charge in [0.15, 0.2) is 0 Å². The highest BCUT2D eigenvalue weighted by molar-refractivity contribution is 5.85. The first-order chi connectivity index (χ1) is 10.1. The summed E-state index contributed by atoms with van der Waals surface area (Å²) in [6, 6.07) is 9.92. The van der Waals surface area contributed by atoms with E-state index in [2.05, 4.69) is 5.32 Å². The van der Waals surface area contributed by atoms with E-state index in [1.807, 2.05) is 49.4 Å². The van der Waals surface area contributed by atoms with Crippen LogP contribution in [0.5, 0.6) is 0 Å². The van der Waals surface area contributed by atoms with E-state index in [9.17, 15) is 14.7 Å². The van der Waals surface area contributed by atoms with Crippen LogP contribution >= 0.6 is 0 Å². The van der Waals surface area contributed by atoms with E-state index in [1.165, 1.54) is 0 Å². The van der Waals surface area contributed by atoms with Gasteiger partial charge in [0, 0.05) is 6.04 Å². The summed E-state index contributed by atoms with van der Waals surface area (Å²) in [6.45, 7) is 1.94. The topological polar surface area (TPSA) is 66.4 Å². The Morgan fingerprint density at radius 3 is 2.43 bits per heavy atom. The number of carboxylic acids is 1. The predicted molar refractivity (Wildman–Crippen MR) is 80.7 cm³/mol. The van der Waals surface area contributed by atoms with Gasteiger partial charge in [-0.3, -0.25) is 9.59 Å². The summed E-state index contributed by atoms with van der Waals surface area (Å²) >= 11 is 0. The SMILES string of the molecule is CC(Cc1ccccc1)NC(=O)C1CC=CCC1C(=O)O. The third-order valence-corrected chi connectivity index (χ3v) is 3.86. The van der Waals surface area contributed by atoms with Crippen LogP contribution in [-0.4, -0.2) is 23.0 Å². The molecule has 2 N–H and O–H groups in total. The molecule has 0 aromatic heterocycles. The predicted octanol–water partition coefficient (Wildman–Crippen LogP) is 2.40. The summed E-state index contributed by atoms with van der Waals surface area (Å²) in [5.74, 6) is -2.13. The van der Waals surface area contributed by atoms with Gasteiger partial charge in [-0.15, -0.1) is 0 Å². The van der Waals surface area contributed by atoms with Crippen LogP contribution in [0.3, 0.4) is 0 Å². The van der Waals surface area contributed by atoms with Crippen molar-refractivity contribution in [1.82, 2.24) is 5.32 Å². The zero-order valence-corrected chi connectivity index (χ0v) is 12.2. The minimum atomic E-state index is -0.893. The van der Waals surface area contributed by atoms with Crippen molar-refractivity contribution in [3.05, 3.63) is 48.0 Å². The van der Waals surface area contributed by atoms with Gasteiger partial charge in [0.2, 0.25) is 5.91 Å². The molecule has 3 unspecified atom stereocenters. The second kappa shape index (κ2) is 7.07. The fourth-order valence-electron chi connectivity index (χ4n) is 2.75. The first-order valence-corrected chi connectivity index (χ1v) is 7.30. The molecule has 0 radical (unpaired) electrons. The Hall–Kier alpha value is -2.10. The van der Waals surface area contributed by atoms with E-state index in [0.717, 1.165) is 12.0 Å². The Bertz CT molecular complexity index is 524. The molecule has 1 aromatic carbocycles. The summed E-state index contributed by atoms with van der Waals surface area (Å²) in [6.07, 6.45) is 5.41. The van der Waals surface area contributed by atoms with Gasteiger partial charge < -0.3 is 10.4 Å². The molecule has 4 heteroatoms. The van der Waals surface area contributed by atoms with Gasteiger partial charge in [0.25, 0.3) is 0 Å². The second-order valence-electron chi connectivity index (χ2n) is 5.59. The van der Waals surface area contributed by atoms with Crippen molar-refractivity contribution in [3.63, 3.8) is 0 Å². The highest BCUT2D eigenvalue weighted by atomic mass is 16.4. The molecule has 21 heavy (non-hydrogen) atoms. The molecule has 2 rings (SSSR count). The van der Waals surface area contributed by atoms with Crippen molar-refractivity contribution in [2.75, 3.05) is 0 Å². The number of aliphatic carboxylic acids is 1. The molecule has 0 spiro atoms. The molecule has 0 fully saturated rings. The van der Waals surface area contributed by atoms with Crippen LogP contribution in [0.15, 0.2) is 42.5 Å².